The average Bonchev–Trinajstić information content (AvgIpc) is 2.97. The van der Waals surface area contributed by atoms with Gasteiger partial charge < -0.3 is 15.0 Å². The van der Waals surface area contributed by atoms with Gasteiger partial charge in [-0.1, -0.05) is 0 Å². The molecule has 0 saturated carbocycles. The molecule has 2 aromatic heterocycles. The van der Waals surface area contributed by atoms with Gasteiger partial charge in [-0.2, -0.15) is 0 Å². The highest BCUT2D eigenvalue weighted by Crippen LogP contribution is 2.30. The molecule has 0 radical (unpaired) electrons. The number of ether oxygens (including phenoxy) is 1. The zero-order chi connectivity index (χ0) is 14.8. The number of amides is 1. The van der Waals surface area contributed by atoms with Gasteiger partial charge in [0.25, 0.3) is 0 Å². The molecule has 1 saturated heterocycles. The topological polar surface area (TPSA) is 84.4 Å². The first-order valence-electron chi connectivity index (χ1n) is 6.50. The molecule has 3 heterocycles. The van der Waals surface area contributed by atoms with Crippen molar-refractivity contribution in [1.82, 2.24) is 15.3 Å². The number of rotatable bonds is 3. The van der Waals surface area contributed by atoms with E-state index in [0.29, 0.717) is 18.9 Å². The first kappa shape index (κ1) is 13.7. The second-order valence-electron chi connectivity index (χ2n) is 4.61. The SMILES string of the molecule is COC(=O)CC1C(=O)NCCN1c1ncnc2ccsc12. The van der Waals surface area contributed by atoms with Crippen LogP contribution in [-0.4, -0.2) is 48.1 Å². The van der Waals surface area contributed by atoms with Crippen molar-refractivity contribution in [3.63, 3.8) is 0 Å². The zero-order valence-corrected chi connectivity index (χ0v) is 12.2. The number of esters is 1. The molecule has 21 heavy (non-hydrogen) atoms. The Balaban J connectivity index is 1.99. The lowest BCUT2D eigenvalue weighted by atomic mass is 10.1. The van der Waals surface area contributed by atoms with Crippen molar-refractivity contribution in [2.75, 3.05) is 25.1 Å². The smallest absolute Gasteiger partial charge is 0.308 e. The van der Waals surface area contributed by atoms with Crippen LogP contribution in [0.15, 0.2) is 17.8 Å². The standard InChI is InChI=1S/C13H14N4O3S/c1-20-10(18)6-9-13(19)14-3-4-17(9)12-11-8(2-5-21-11)15-7-16-12/h2,5,7,9H,3-4,6H2,1H3,(H,14,19). The third-order valence-electron chi connectivity index (χ3n) is 3.41. The summed E-state index contributed by atoms with van der Waals surface area (Å²) < 4.78 is 5.60. The number of fused-ring (bicyclic) bond motifs is 1. The van der Waals surface area contributed by atoms with Gasteiger partial charge in [-0.25, -0.2) is 9.97 Å². The molecule has 0 aromatic carbocycles. The van der Waals surface area contributed by atoms with Crippen LogP contribution in [0.3, 0.4) is 0 Å². The summed E-state index contributed by atoms with van der Waals surface area (Å²) in [4.78, 5) is 34.0. The maximum Gasteiger partial charge on any atom is 0.308 e. The summed E-state index contributed by atoms with van der Waals surface area (Å²) in [6, 6.07) is 1.30. The fraction of sp³-hybridized carbons (Fsp3) is 0.385. The maximum absolute atomic E-state index is 12.1. The lowest BCUT2D eigenvalue weighted by Gasteiger charge is -2.35. The van der Waals surface area contributed by atoms with E-state index in [9.17, 15) is 9.59 Å². The number of nitrogens with one attached hydrogen (secondary N) is 1. The van der Waals surface area contributed by atoms with Gasteiger partial charge in [0.15, 0.2) is 5.82 Å². The Morgan fingerprint density at radius 2 is 2.43 bits per heavy atom. The molecule has 1 aliphatic rings. The van der Waals surface area contributed by atoms with Gasteiger partial charge in [0.2, 0.25) is 5.91 Å². The molecule has 1 N–H and O–H groups in total. The highest BCUT2D eigenvalue weighted by atomic mass is 32.1. The van der Waals surface area contributed by atoms with Gasteiger partial charge in [0.05, 0.1) is 23.7 Å². The Hall–Kier alpha value is -2.22. The highest BCUT2D eigenvalue weighted by molar-refractivity contribution is 7.17. The quantitative estimate of drug-likeness (QED) is 0.834. The number of anilines is 1. The molecule has 3 rings (SSSR count). The number of aromatic nitrogens is 2. The predicted molar refractivity (Wildman–Crippen MR) is 78.2 cm³/mol. The summed E-state index contributed by atoms with van der Waals surface area (Å²) in [6.45, 7) is 1.12. The number of hydrogen-bond donors (Lipinski definition) is 1. The third kappa shape index (κ3) is 2.54. The fourth-order valence-corrected chi connectivity index (χ4v) is 3.24. The van der Waals surface area contributed by atoms with Crippen LogP contribution < -0.4 is 10.2 Å². The molecule has 1 unspecified atom stereocenters. The van der Waals surface area contributed by atoms with Crippen LogP contribution in [0.4, 0.5) is 5.82 Å². The molecular formula is C13H14N4O3S. The van der Waals surface area contributed by atoms with Crippen molar-refractivity contribution in [2.45, 2.75) is 12.5 Å². The van der Waals surface area contributed by atoms with E-state index in [2.05, 4.69) is 20.0 Å². The summed E-state index contributed by atoms with van der Waals surface area (Å²) in [5.74, 6) is 0.0900. The summed E-state index contributed by atoms with van der Waals surface area (Å²) in [6.07, 6.45) is 1.48. The Kier molecular flexibility index (Phi) is 3.70. The first-order valence-corrected chi connectivity index (χ1v) is 7.38. The van der Waals surface area contributed by atoms with E-state index in [1.807, 2.05) is 16.3 Å². The second kappa shape index (κ2) is 5.65. The van der Waals surface area contributed by atoms with Crippen LogP contribution in [0, 0.1) is 0 Å². The number of methoxy groups -OCH3 is 1. The van der Waals surface area contributed by atoms with E-state index in [0.717, 1.165) is 10.2 Å². The van der Waals surface area contributed by atoms with E-state index < -0.39 is 12.0 Å². The van der Waals surface area contributed by atoms with Crippen molar-refractivity contribution in [1.29, 1.82) is 0 Å². The van der Waals surface area contributed by atoms with Crippen LogP contribution in [-0.2, 0) is 14.3 Å². The Morgan fingerprint density at radius 3 is 3.24 bits per heavy atom. The number of nitrogens with zero attached hydrogens (tertiary/aromatic N) is 3. The zero-order valence-electron chi connectivity index (χ0n) is 11.4. The molecular weight excluding hydrogens is 292 g/mol. The molecule has 1 atom stereocenters. The number of thiophene rings is 1. The molecule has 1 fully saturated rings. The molecule has 1 aliphatic heterocycles. The van der Waals surface area contributed by atoms with Crippen molar-refractivity contribution in [3.05, 3.63) is 17.8 Å². The van der Waals surface area contributed by atoms with Crippen LogP contribution in [0.25, 0.3) is 10.2 Å². The molecule has 1 amide bonds. The van der Waals surface area contributed by atoms with Gasteiger partial charge in [-0.3, -0.25) is 9.59 Å². The fourth-order valence-electron chi connectivity index (χ4n) is 2.39. The number of hydrogen-bond acceptors (Lipinski definition) is 7. The summed E-state index contributed by atoms with van der Waals surface area (Å²) in [5.41, 5.74) is 0.841. The van der Waals surface area contributed by atoms with Crippen molar-refractivity contribution < 1.29 is 14.3 Å². The first-order chi connectivity index (χ1) is 10.2. The minimum absolute atomic E-state index is 0.000789. The van der Waals surface area contributed by atoms with Crippen molar-refractivity contribution in [2.24, 2.45) is 0 Å². The largest absolute Gasteiger partial charge is 0.469 e. The van der Waals surface area contributed by atoms with E-state index >= 15 is 0 Å². The number of carbonyl (C=O) groups is 2. The normalized spacial score (nSPS) is 18.6. The molecule has 8 heteroatoms. The third-order valence-corrected chi connectivity index (χ3v) is 4.31. The monoisotopic (exact) mass is 306 g/mol. The number of carbonyl (C=O) groups excluding carboxylic acids is 2. The molecule has 0 aliphatic carbocycles. The minimum Gasteiger partial charge on any atom is -0.469 e. The van der Waals surface area contributed by atoms with E-state index in [1.54, 1.807) is 0 Å². The molecule has 110 valence electrons. The minimum atomic E-state index is -0.605. The van der Waals surface area contributed by atoms with Crippen molar-refractivity contribution in [3.8, 4) is 0 Å². The maximum atomic E-state index is 12.1. The van der Waals surface area contributed by atoms with Gasteiger partial charge in [-0.05, 0) is 11.4 Å². The van der Waals surface area contributed by atoms with Crippen LogP contribution in [0.2, 0.25) is 0 Å². The Morgan fingerprint density at radius 1 is 1.57 bits per heavy atom. The molecule has 0 spiro atoms. The number of piperazine rings is 1. The van der Waals surface area contributed by atoms with Gasteiger partial charge >= 0.3 is 5.97 Å². The van der Waals surface area contributed by atoms with Crippen LogP contribution in [0.1, 0.15) is 6.42 Å². The van der Waals surface area contributed by atoms with E-state index in [-0.39, 0.29) is 12.3 Å². The second-order valence-corrected chi connectivity index (χ2v) is 5.53. The highest BCUT2D eigenvalue weighted by Gasteiger charge is 2.33. The Bertz CT molecular complexity index is 687. The molecule has 2 aromatic rings. The molecule has 7 nitrogen and oxygen atoms in total. The summed E-state index contributed by atoms with van der Waals surface area (Å²) in [5, 5.41) is 4.71. The van der Waals surface area contributed by atoms with E-state index in [4.69, 9.17) is 0 Å². The van der Waals surface area contributed by atoms with Gasteiger partial charge in [0.1, 0.15) is 12.4 Å². The van der Waals surface area contributed by atoms with Gasteiger partial charge in [-0.15, -0.1) is 11.3 Å². The van der Waals surface area contributed by atoms with E-state index in [1.165, 1.54) is 24.8 Å². The van der Waals surface area contributed by atoms with Gasteiger partial charge in [0, 0.05) is 13.1 Å². The predicted octanol–water partition coefficient (Wildman–Crippen LogP) is 0.559. The van der Waals surface area contributed by atoms with Crippen LogP contribution >= 0.6 is 11.3 Å². The lowest BCUT2D eigenvalue weighted by molar-refractivity contribution is -0.143. The van der Waals surface area contributed by atoms with Crippen LogP contribution in [0.5, 0.6) is 0 Å². The summed E-state index contributed by atoms with van der Waals surface area (Å²) >= 11 is 1.52. The summed E-state index contributed by atoms with van der Waals surface area (Å²) in [7, 11) is 1.32. The Labute approximate surface area is 124 Å². The average molecular weight is 306 g/mol. The molecule has 0 bridgehead atoms. The lowest BCUT2D eigenvalue weighted by Crippen LogP contribution is -2.56. The van der Waals surface area contributed by atoms with Crippen molar-refractivity contribution >= 4 is 39.2 Å².